The van der Waals surface area contributed by atoms with Gasteiger partial charge in [-0.3, -0.25) is 9.59 Å². The van der Waals surface area contributed by atoms with Crippen molar-refractivity contribution in [2.75, 3.05) is 22.5 Å². The van der Waals surface area contributed by atoms with Crippen molar-refractivity contribution in [3.63, 3.8) is 0 Å². The standard InChI is InChI=1S/C23H24ClN5O2S/c1-15-7-8-17(13-18(15)24)25-21(30)10-9-20-26-27-23(28(20)2)32-14-22(31)29-12-11-16-5-3-4-6-19(16)29/h3-8,13H,9-12,14H2,1-2H3,(H,25,30). The minimum absolute atomic E-state index is 0.0561. The number of aromatic nitrogens is 3. The Morgan fingerprint density at radius 1 is 1.19 bits per heavy atom. The third-order valence-electron chi connectivity index (χ3n) is 5.47. The highest BCUT2D eigenvalue weighted by atomic mass is 35.5. The highest BCUT2D eigenvalue weighted by molar-refractivity contribution is 7.99. The fourth-order valence-electron chi connectivity index (χ4n) is 3.61. The van der Waals surface area contributed by atoms with Crippen molar-refractivity contribution < 1.29 is 9.59 Å². The minimum atomic E-state index is -0.120. The predicted molar refractivity (Wildman–Crippen MR) is 127 cm³/mol. The van der Waals surface area contributed by atoms with Crippen LogP contribution in [0.4, 0.5) is 11.4 Å². The third-order valence-corrected chi connectivity index (χ3v) is 6.88. The number of hydrogen-bond donors (Lipinski definition) is 1. The molecule has 3 aromatic rings. The monoisotopic (exact) mass is 469 g/mol. The number of hydrogen-bond acceptors (Lipinski definition) is 5. The minimum Gasteiger partial charge on any atom is -0.326 e. The number of rotatable bonds is 7. The van der Waals surface area contributed by atoms with Crippen LogP contribution in [0.25, 0.3) is 0 Å². The maximum absolute atomic E-state index is 12.7. The molecule has 0 unspecified atom stereocenters. The zero-order valence-corrected chi connectivity index (χ0v) is 19.5. The van der Waals surface area contributed by atoms with Gasteiger partial charge in [-0.15, -0.1) is 10.2 Å². The van der Waals surface area contributed by atoms with Gasteiger partial charge in [-0.1, -0.05) is 47.6 Å². The molecule has 0 atom stereocenters. The van der Waals surface area contributed by atoms with Gasteiger partial charge in [0.15, 0.2) is 5.16 Å². The van der Waals surface area contributed by atoms with Gasteiger partial charge >= 0.3 is 0 Å². The van der Waals surface area contributed by atoms with Gasteiger partial charge in [0.2, 0.25) is 11.8 Å². The molecular weight excluding hydrogens is 446 g/mol. The zero-order chi connectivity index (χ0) is 22.7. The van der Waals surface area contributed by atoms with E-state index < -0.39 is 0 Å². The van der Waals surface area contributed by atoms with Gasteiger partial charge in [0, 0.05) is 42.8 Å². The average Bonchev–Trinajstić information content (AvgIpc) is 3.37. The maximum atomic E-state index is 12.7. The van der Waals surface area contributed by atoms with Gasteiger partial charge in [-0.25, -0.2) is 0 Å². The second-order valence-corrected chi connectivity index (χ2v) is 9.03. The van der Waals surface area contributed by atoms with Gasteiger partial charge in [-0.05, 0) is 42.7 Å². The molecule has 0 aliphatic carbocycles. The van der Waals surface area contributed by atoms with Crippen molar-refractivity contribution in [1.29, 1.82) is 0 Å². The first-order valence-electron chi connectivity index (χ1n) is 10.4. The average molecular weight is 470 g/mol. The second-order valence-electron chi connectivity index (χ2n) is 7.68. The van der Waals surface area contributed by atoms with E-state index in [2.05, 4.69) is 21.6 Å². The first-order valence-corrected chi connectivity index (χ1v) is 11.7. The largest absolute Gasteiger partial charge is 0.326 e. The van der Waals surface area contributed by atoms with Gasteiger partial charge in [0.1, 0.15) is 5.82 Å². The van der Waals surface area contributed by atoms with Crippen LogP contribution in [-0.4, -0.2) is 38.9 Å². The molecule has 7 nitrogen and oxygen atoms in total. The lowest BCUT2D eigenvalue weighted by molar-refractivity contribution is -0.116. The molecule has 0 spiro atoms. The van der Waals surface area contributed by atoms with Crippen LogP contribution in [0.1, 0.15) is 23.4 Å². The molecule has 9 heteroatoms. The number of anilines is 2. The molecular formula is C23H24ClN5O2S. The van der Waals surface area contributed by atoms with E-state index in [1.807, 2.05) is 53.8 Å². The Morgan fingerprint density at radius 3 is 2.81 bits per heavy atom. The topological polar surface area (TPSA) is 80.1 Å². The lowest BCUT2D eigenvalue weighted by Gasteiger charge is -2.16. The number of fused-ring (bicyclic) bond motifs is 1. The molecule has 0 bridgehead atoms. The molecule has 0 fully saturated rings. The number of halogens is 1. The maximum Gasteiger partial charge on any atom is 0.237 e. The van der Waals surface area contributed by atoms with Crippen molar-refractivity contribution in [3.05, 3.63) is 64.4 Å². The van der Waals surface area contributed by atoms with Crippen LogP contribution in [0.15, 0.2) is 47.6 Å². The van der Waals surface area contributed by atoms with E-state index in [-0.39, 0.29) is 24.0 Å². The highest BCUT2D eigenvalue weighted by Gasteiger charge is 2.24. The number of carbonyl (C=O) groups excluding carboxylic acids is 2. The van der Waals surface area contributed by atoms with E-state index in [0.29, 0.717) is 34.7 Å². The number of thioether (sulfide) groups is 1. The smallest absolute Gasteiger partial charge is 0.237 e. The molecule has 1 aliphatic heterocycles. The summed E-state index contributed by atoms with van der Waals surface area (Å²) in [5.41, 5.74) is 3.83. The molecule has 1 aromatic heterocycles. The lowest BCUT2D eigenvalue weighted by atomic mass is 10.2. The Balaban J connectivity index is 1.29. The van der Waals surface area contributed by atoms with Crippen molar-refractivity contribution in [2.24, 2.45) is 7.05 Å². The highest BCUT2D eigenvalue weighted by Crippen LogP contribution is 2.28. The molecule has 1 aliphatic rings. The number of aryl methyl sites for hydroxylation is 2. The summed E-state index contributed by atoms with van der Waals surface area (Å²) in [4.78, 5) is 26.8. The Hall–Kier alpha value is -2.84. The van der Waals surface area contributed by atoms with E-state index in [0.717, 1.165) is 17.7 Å². The summed E-state index contributed by atoms with van der Waals surface area (Å²) in [6, 6.07) is 13.4. The van der Waals surface area contributed by atoms with Crippen LogP contribution >= 0.6 is 23.4 Å². The molecule has 0 radical (unpaired) electrons. The van der Waals surface area contributed by atoms with Crippen molar-refractivity contribution in [1.82, 2.24) is 14.8 Å². The SMILES string of the molecule is Cc1ccc(NC(=O)CCc2nnc(SCC(=O)N3CCc4ccccc43)n2C)cc1Cl. The first kappa shape index (κ1) is 22.4. The van der Waals surface area contributed by atoms with E-state index in [9.17, 15) is 9.59 Å². The third kappa shape index (κ3) is 4.97. The summed E-state index contributed by atoms with van der Waals surface area (Å²) in [7, 11) is 1.85. The van der Waals surface area contributed by atoms with E-state index in [1.54, 1.807) is 6.07 Å². The Labute approximate surface area is 196 Å². The molecule has 166 valence electrons. The number of para-hydroxylation sites is 1. The Bertz CT molecular complexity index is 1160. The molecule has 1 N–H and O–H groups in total. The van der Waals surface area contributed by atoms with Crippen LogP contribution in [0.5, 0.6) is 0 Å². The number of carbonyl (C=O) groups is 2. The number of nitrogens with zero attached hydrogens (tertiary/aromatic N) is 4. The molecule has 2 heterocycles. The van der Waals surface area contributed by atoms with Crippen molar-refractivity contribution in [3.8, 4) is 0 Å². The fourth-order valence-corrected chi connectivity index (χ4v) is 4.60. The van der Waals surface area contributed by atoms with Gasteiger partial charge < -0.3 is 14.8 Å². The molecule has 32 heavy (non-hydrogen) atoms. The van der Waals surface area contributed by atoms with Crippen molar-refractivity contribution >= 4 is 46.6 Å². The molecule has 2 aromatic carbocycles. The quantitative estimate of drug-likeness (QED) is 0.528. The van der Waals surface area contributed by atoms with Gasteiger partial charge in [0.05, 0.1) is 5.75 Å². The summed E-state index contributed by atoms with van der Waals surface area (Å²) < 4.78 is 1.84. The second kappa shape index (κ2) is 9.75. The molecule has 0 saturated carbocycles. The van der Waals surface area contributed by atoms with Gasteiger partial charge in [0.25, 0.3) is 0 Å². The molecule has 4 rings (SSSR count). The zero-order valence-electron chi connectivity index (χ0n) is 18.0. The molecule has 2 amide bonds. The van der Waals surface area contributed by atoms with Crippen LogP contribution in [0.2, 0.25) is 5.02 Å². The number of nitrogens with one attached hydrogen (secondary N) is 1. The normalized spacial score (nSPS) is 12.7. The molecule has 0 saturated heterocycles. The summed E-state index contributed by atoms with van der Waals surface area (Å²) in [6.07, 6.45) is 1.60. The number of amides is 2. The van der Waals surface area contributed by atoms with E-state index >= 15 is 0 Å². The fraction of sp³-hybridized carbons (Fsp3) is 0.304. The van der Waals surface area contributed by atoms with Crippen LogP contribution < -0.4 is 10.2 Å². The Kier molecular flexibility index (Phi) is 6.81. The number of benzene rings is 2. The lowest BCUT2D eigenvalue weighted by Crippen LogP contribution is -2.30. The Morgan fingerprint density at radius 2 is 2.00 bits per heavy atom. The first-order chi connectivity index (χ1) is 15.4. The van der Waals surface area contributed by atoms with Crippen LogP contribution in [0, 0.1) is 6.92 Å². The predicted octanol–water partition coefficient (Wildman–Crippen LogP) is 4.03. The van der Waals surface area contributed by atoms with Gasteiger partial charge in [-0.2, -0.15) is 0 Å². The van der Waals surface area contributed by atoms with E-state index in [1.165, 1.54) is 17.3 Å². The summed E-state index contributed by atoms with van der Waals surface area (Å²) >= 11 is 7.47. The summed E-state index contributed by atoms with van der Waals surface area (Å²) in [5.74, 6) is 0.920. The summed E-state index contributed by atoms with van der Waals surface area (Å²) in [6.45, 7) is 2.62. The van der Waals surface area contributed by atoms with Crippen LogP contribution in [-0.2, 0) is 29.5 Å². The van der Waals surface area contributed by atoms with Crippen LogP contribution in [0.3, 0.4) is 0 Å². The van der Waals surface area contributed by atoms with Crippen molar-refractivity contribution in [2.45, 2.75) is 31.3 Å². The summed E-state index contributed by atoms with van der Waals surface area (Å²) in [5, 5.41) is 12.5. The van der Waals surface area contributed by atoms with E-state index in [4.69, 9.17) is 11.6 Å².